The second-order valence-corrected chi connectivity index (χ2v) is 24.5. The van der Waals surface area contributed by atoms with E-state index in [-0.39, 0.29) is 22.9 Å². The van der Waals surface area contributed by atoms with E-state index in [4.69, 9.17) is 47.4 Å². The molecule has 75 heavy (non-hydrogen) atoms. The van der Waals surface area contributed by atoms with Crippen molar-refractivity contribution in [3.8, 4) is 0 Å². The molecule has 0 aromatic carbocycles. The molecule has 0 radical (unpaired) electrons. The van der Waals surface area contributed by atoms with E-state index in [9.17, 15) is 71.5 Å². The largest absolute Gasteiger partial charge is 0.394 e. The Balaban J connectivity index is 0.831. The van der Waals surface area contributed by atoms with Gasteiger partial charge >= 0.3 is 0 Å². The number of ether oxygens (including phenoxy) is 10. The van der Waals surface area contributed by atoms with Crippen LogP contribution in [-0.2, 0) is 47.4 Å². The minimum atomic E-state index is -2.06. The second kappa shape index (κ2) is 22.1. The maximum Gasteiger partial charge on any atom is 0.187 e. The van der Waals surface area contributed by atoms with Crippen LogP contribution in [0.2, 0.25) is 0 Å². The first-order valence-corrected chi connectivity index (χ1v) is 27.4. The molecule has 6 aliphatic heterocycles. The van der Waals surface area contributed by atoms with Gasteiger partial charge < -0.3 is 119 Å². The first-order chi connectivity index (χ1) is 35.6. The Bertz CT molecular complexity index is 1910. The maximum atomic E-state index is 12.0. The van der Waals surface area contributed by atoms with Crippen LogP contribution < -0.4 is 0 Å². The molecular formula is C51H84O24. The molecule has 432 valence electrons. The molecule has 0 aromatic heterocycles. The molecule has 33 atom stereocenters. The Morgan fingerprint density at radius 1 is 0.493 bits per heavy atom. The summed E-state index contributed by atoms with van der Waals surface area (Å²) in [5.41, 5.74) is -0.0790. The molecule has 0 unspecified atom stereocenters. The summed E-state index contributed by atoms with van der Waals surface area (Å²) in [6.45, 7) is 6.57. The highest BCUT2D eigenvalue weighted by Crippen LogP contribution is 2.71. The monoisotopic (exact) mass is 1080 g/mol. The summed E-state index contributed by atoms with van der Waals surface area (Å²) in [5.74, 6) is 2.26. The second-order valence-electron chi connectivity index (χ2n) is 24.5. The van der Waals surface area contributed by atoms with Crippen LogP contribution in [0.3, 0.4) is 0 Å². The van der Waals surface area contributed by atoms with E-state index in [1.165, 1.54) is 0 Å². The van der Waals surface area contributed by atoms with Gasteiger partial charge in [-0.1, -0.05) is 27.7 Å². The van der Waals surface area contributed by atoms with Gasteiger partial charge in [0.1, 0.15) is 97.7 Å². The van der Waals surface area contributed by atoms with Crippen molar-refractivity contribution < 1.29 is 119 Å². The summed E-state index contributed by atoms with van der Waals surface area (Å²) in [6, 6.07) is 0. The van der Waals surface area contributed by atoms with E-state index >= 15 is 0 Å². The minimum Gasteiger partial charge on any atom is -0.394 e. The van der Waals surface area contributed by atoms with Gasteiger partial charge in [-0.15, -0.1) is 0 Å². The van der Waals surface area contributed by atoms with Gasteiger partial charge in [0.2, 0.25) is 0 Å². The number of fused-ring (bicyclic) bond motifs is 7. The zero-order valence-corrected chi connectivity index (χ0v) is 43.1. The predicted octanol–water partition coefficient (Wildman–Crippen LogP) is -3.94. The summed E-state index contributed by atoms with van der Waals surface area (Å²) in [4.78, 5) is 0. The average Bonchev–Trinajstić information content (AvgIpc) is 3.84. The highest BCUT2D eigenvalue weighted by molar-refractivity contribution is 5.16. The molecule has 10 aliphatic rings. The van der Waals surface area contributed by atoms with Gasteiger partial charge in [-0.05, 0) is 97.7 Å². The molecule has 24 heteroatoms. The van der Waals surface area contributed by atoms with Gasteiger partial charge in [0.05, 0.1) is 51.3 Å². The maximum absolute atomic E-state index is 12.0. The zero-order valence-electron chi connectivity index (χ0n) is 43.1. The number of aliphatic hydroxyl groups excluding tert-OH is 14. The SMILES string of the molecule is C[C@H]1CC[C@]2(OC1)O[C@H]1C[C@H]3[C@@H]4CC[C@H]5C[C@H](O[C@H]6O[C@@H](CO)[C@H](O[C@H]7O[C@@H](CO)[C@H](O)[C@@H](O[C@H]8O[C@@H](CO)[C@H](O)[C@@H](O)[C@@H]8O)[C@@H]7O[C@H]7O[C@@H](CO)[C@H](O)[C@@H](O)[C@@H]7O)[C@@H](O)[C@@H]6O)[C@@H](O)C[C@@]5(C)[C@H]4CC[C@@]3(C)[C@H]1[C@@H]2C. The van der Waals surface area contributed by atoms with Crippen molar-refractivity contribution in [1.29, 1.82) is 0 Å². The summed E-state index contributed by atoms with van der Waals surface area (Å²) in [5, 5.41) is 152. The van der Waals surface area contributed by atoms with Crippen molar-refractivity contribution in [3.63, 3.8) is 0 Å². The number of rotatable bonds is 12. The van der Waals surface area contributed by atoms with Gasteiger partial charge in [0, 0.05) is 12.3 Å². The fourth-order valence-corrected chi connectivity index (χ4v) is 16.2. The molecule has 0 aromatic rings. The first kappa shape index (κ1) is 57.3. The number of hydrogen-bond donors (Lipinski definition) is 14. The molecule has 14 N–H and O–H groups in total. The summed E-state index contributed by atoms with van der Waals surface area (Å²) < 4.78 is 61.2. The first-order valence-electron chi connectivity index (χ1n) is 27.4. The molecule has 6 saturated heterocycles. The van der Waals surface area contributed by atoms with E-state index in [0.717, 1.165) is 51.6 Å². The van der Waals surface area contributed by atoms with Crippen molar-refractivity contribution in [3.05, 3.63) is 0 Å². The standard InChI is InChI=1S/C51H84O24/c1-19-7-10-51(66-18-19)20(2)32-27(75-51)12-24-22-6-5-21-11-26(25(56)13-50(21,4)23(22)8-9-49(24,32)3)67-45-41(65)38(62)42(31(17-55)71-45)72-48-44(74-47-40(64)37(61)34(58)29(15-53)69-47)43(35(59)30(16-54)70-48)73-46-39(63)36(60)33(57)28(14-52)68-46/h19-48,52-65H,5-18H2,1-4H3/t19-,20-,21-,22+,23-,24-,25-,26-,27-,28-,29-,30-,31-,32-,33-,34-,35-,36+,37+,38-,39-,40-,41-,42-,43+,44-,45-,46+,47+,48+,49+,50+,51-/m0/s1. The van der Waals surface area contributed by atoms with Crippen LogP contribution >= 0.6 is 0 Å². The molecule has 10 fully saturated rings. The summed E-state index contributed by atoms with van der Waals surface area (Å²) >= 11 is 0. The van der Waals surface area contributed by atoms with E-state index in [0.29, 0.717) is 48.3 Å². The zero-order chi connectivity index (χ0) is 53.8. The normalized spacial score (nSPS) is 58.0. The Labute approximate surface area is 435 Å². The fraction of sp³-hybridized carbons (Fsp3) is 1.00. The third kappa shape index (κ3) is 9.79. The van der Waals surface area contributed by atoms with E-state index < -0.39 is 167 Å². The topological polar surface area (TPSA) is 376 Å². The van der Waals surface area contributed by atoms with Crippen LogP contribution in [-0.4, -0.2) is 251 Å². The third-order valence-corrected chi connectivity index (χ3v) is 20.4. The van der Waals surface area contributed by atoms with Gasteiger partial charge in [0.25, 0.3) is 0 Å². The van der Waals surface area contributed by atoms with Gasteiger partial charge in [0.15, 0.2) is 30.9 Å². The molecule has 4 aliphatic carbocycles. The molecule has 0 bridgehead atoms. The van der Waals surface area contributed by atoms with Crippen molar-refractivity contribution in [2.45, 2.75) is 232 Å². The molecule has 10 rings (SSSR count). The van der Waals surface area contributed by atoms with Crippen molar-refractivity contribution in [1.82, 2.24) is 0 Å². The number of hydrogen-bond acceptors (Lipinski definition) is 24. The quantitative estimate of drug-likeness (QED) is 0.0830. The van der Waals surface area contributed by atoms with Crippen LogP contribution in [0.15, 0.2) is 0 Å². The Morgan fingerprint density at radius 3 is 1.64 bits per heavy atom. The average molecular weight is 1080 g/mol. The predicted molar refractivity (Wildman–Crippen MR) is 250 cm³/mol. The van der Waals surface area contributed by atoms with Crippen LogP contribution in [0.1, 0.15) is 85.5 Å². The molecule has 6 heterocycles. The van der Waals surface area contributed by atoms with Crippen molar-refractivity contribution >= 4 is 0 Å². The Hall–Kier alpha value is -0.960. The highest BCUT2D eigenvalue weighted by atomic mass is 16.8. The smallest absolute Gasteiger partial charge is 0.187 e. The van der Waals surface area contributed by atoms with Crippen LogP contribution in [0, 0.1) is 52.3 Å². The lowest BCUT2D eigenvalue weighted by Gasteiger charge is -2.62. The van der Waals surface area contributed by atoms with Crippen LogP contribution in [0.5, 0.6) is 0 Å². The Kier molecular flexibility index (Phi) is 16.9. The van der Waals surface area contributed by atoms with Gasteiger partial charge in [-0.25, -0.2) is 0 Å². The third-order valence-electron chi connectivity index (χ3n) is 20.4. The lowest BCUT2D eigenvalue weighted by Crippen LogP contribution is -2.69. The summed E-state index contributed by atoms with van der Waals surface area (Å²) in [7, 11) is 0. The van der Waals surface area contributed by atoms with E-state index in [1.807, 2.05) is 0 Å². The lowest BCUT2D eigenvalue weighted by molar-refractivity contribution is -0.407. The highest BCUT2D eigenvalue weighted by Gasteiger charge is 2.70. The Morgan fingerprint density at radius 2 is 1.04 bits per heavy atom. The van der Waals surface area contributed by atoms with Crippen molar-refractivity contribution in [2.75, 3.05) is 33.0 Å². The lowest BCUT2D eigenvalue weighted by atomic mass is 9.44. The molecular weight excluding hydrogens is 997 g/mol. The molecule has 24 nitrogen and oxygen atoms in total. The van der Waals surface area contributed by atoms with E-state index in [1.54, 1.807) is 0 Å². The molecule has 1 spiro atoms. The van der Waals surface area contributed by atoms with Gasteiger partial charge in [-0.2, -0.15) is 0 Å². The van der Waals surface area contributed by atoms with E-state index in [2.05, 4.69) is 27.7 Å². The van der Waals surface area contributed by atoms with Crippen LogP contribution in [0.4, 0.5) is 0 Å². The number of aliphatic hydroxyl groups is 14. The molecule has 0 amide bonds. The van der Waals surface area contributed by atoms with Crippen molar-refractivity contribution in [2.24, 2.45) is 52.3 Å². The molecule has 4 saturated carbocycles. The minimum absolute atomic E-state index is 0.121. The fourth-order valence-electron chi connectivity index (χ4n) is 16.2. The van der Waals surface area contributed by atoms with Crippen LogP contribution in [0.25, 0.3) is 0 Å². The van der Waals surface area contributed by atoms with Gasteiger partial charge in [-0.3, -0.25) is 0 Å². The summed E-state index contributed by atoms with van der Waals surface area (Å²) in [6.07, 6.45) is -30.3.